The van der Waals surface area contributed by atoms with Crippen molar-refractivity contribution in [3.05, 3.63) is 27.1 Å². The summed E-state index contributed by atoms with van der Waals surface area (Å²) in [5.74, 6) is 0. The molecule has 0 aliphatic heterocycles. The van der Waals surface area contributed by atoms with E-state index in [-0.39, 0.29) is 9.92 Å². The quantitative estimate of drug-likeness (QED) is 0.666. The smallest absolute Gasteiger partial charge is 0.310 e. The van der Waals surface area contributed by atoms with Crippen LogP contribution in [0.5, 0.6) is 0 Å². The van der Waals surface area contributed by atoms with Crippen LogP contribution in [0.3, 0.4) is 0 Å². The van der Waals surface area contributed by atoms with Gasteiger partial charge in [-0.05, 0) is 18.4 Å². The molecule has 0 aromatic carbocycles. The Kier molecular flexibility index (Phi) is 5.13. The van der Waals surface area contributed by atoms with Crippen LogP contribution in [0.15, 0.2) is 11.4 Å². The molecule has 4 nitrogen and oxygen atoms in total. The van der Waals surface area contributed by atoms with E-state index in [4.69, 9.17) is 0 Å². The standard InChI is InChI=1S/C13H20N2O2S/c16-15(17)13-8-11(10-18-13)9-14-12-6-4-2-1-3-5-7-12/h8,10,12,14H,1-7,9H2. The number of thiophene rings is 1. The summed E-state index contributed by atoms with van der Waals surface area (Å²) < 4.78 is 0. The van der Waals surface area contributed by atoms with Crippen LogP contribution in [0.1, 0.15) is 50.5 Å². The van der Waals surface area contributed by atoms with Gasteiger partial charge in [0.1, 0.15) is 0 Å². The Morgan fingerprint density at radius 2 is 1.94 bits per heavy atom. The summed E-state index contributed by atoms with van der Waals surface area (Å²) in [6.07, 6.45) is 9.18. The van der Waals surface area contributed by atoms with E-state index in [1.54, 1.807) is 6.07 Å². The van der Waals surface area contributed by atoms with E-state index in [0.29, 0.717) is 6.04 Å². The average molecular weight is 268 g/mol. The third-order valence-corrected chi connectivity index (χ3v) is 4.45. The Balaban J connectivity index is 1.80. The number of nitrogens with one attached hydrogen (secondary N) is 1. The third kappa shape index (κ3) is 4.07. The molecule has 1 saturated carbocycles. The fraction of sp³-hybridized carbons (Fsp3) is 0.692. The van der Waals surface area contributed by atoms with Gasteiger partial charge in [0.05, 0.1) is 4.92 Å². The lowest BCUT2D eigenvalue weighted by Gasteiger charge is -2.20. The van der Waals surface area contributed by atoms with Gasteiger partial charge in [-0.25, -0.2) is 0 Å². The van der Waals surface area contributed by atoms with Crippen LogP contribution in [0, 0.1) is 10.1 Å². The van der Waals surface area contributed by atoms with Crippen molar-refractivity contribution in [2.45, 2.75) is 57.5 Å². The molecule has 1 aliphatic rings. The molecule has 0 unspecified atom stereocenters. The lowest BCUT2D eigenvalue weighted by molar-refractivity contribution is -0.380. The molecule has 0 amide bonds. The van der Waals surface area contributed by atoms with Crippen LogP contribution in [-0.2, 0) is 6.54 Å². The molecular weight excluding hydrogens is 248 g/mol. The van der Waals surface area contributed by atoms with Gasteiger partial charge in [0.25, 0.3) is 0 Å². The van der Waals surface area contributed by atoms with Crippen molar-refractivity contribution < 1.29 is 4.92 Å². The SMILES string of the molecule is O=[N+]([O-])c1cc(CNC2CCCCCCC2)cs1. The Morgan fingerprint density at radius 1 is 1.28 bits per heavy atom. The first kappa shape index (κ1) is 13.5. The summed E-state index contributed by atoms with van der Waals surface area (Å²) in [6.45, 7) is 0.759. The number of nitrogens with zero attached hydrogens (tertiary/aromatic N) is 1. The second-order valence-corrected chi connectivity index (χ2v) is 5.86. The highest BCUT2D eigenvalue weighted by atomic mass is 32.1. The molecule has 1 aromatic heterocycles. The fourth-order valence-electron chi connectivity index (χ4n) is 2.47. The number of hydrogen-bond donors (Lipinski definition) is 1. The van der Waals surface area contributed by atoms with Crippen molar-refractivity contribution >= 4 is 16.3 Å². The molecule has 100 valence electrons. The topological polar surface area (TPSA) is 55.2 Å². The maximum atomic E-state index is 10.6. The monoisotopic (exact) mass is 268 g/mol. The van der Waals surface area contributed by atoms with Gasteiger partial charge in [0.2, 0.25) is 0 Å². The van der Waals surface area contributed by atoms with Gasteiger partial charge in [-0.1, -0.05) is 43.4 Å². The van der Waals surface area contributed by atoms with E-state index in [1.165, 1.54) is 56.3 Å². The molecule has 1 heterocycles. The van der Waals surface area contributed by atoms with Gasteiger partial charge in [-0.3, -0.25) is 10.1 Å². The summed E-state index contributed by atoms with van der Waals surface area (Å²) in [6, 6.07) is 2.27. The fourth-order valence-corrected chi connectivity index (χ4v) is 3.20. The molecule has 0 saturated heterocycles. The molecular formula is C13H20N2O2S. The molecule has 1 aliphatic carbocycles. The summed E-state index contributed by atoms with van der Waals surface area (Å²) >= 11 is 1.21. The zero-order valence-electron chi connectivity index (χ0n) is 10.6. The van der Waals surface area contributed by atoms with Crippen LogP contribution >= 0.6 is 11.3 Å². The summed E-state index contributed by atoms with van der Waals surface area (Å²) in [5, 5.41) is 16.3. The van der Waals surface area contributed by atoms with Gasteiger partial charge in [-0.15, -0.1) is 0 Å². The summed E-state index contributed by atoms with van der Waals surface area (Å²) in [5.41, 5.74) is 1.04. The highest BCUT2D eigenvalue weighted by molar-refractivity contribution is 7.13. The molecule has 0 atom stereocenters. The van der Waals surface area contributed by atoms with Crippen molar-refractivity contribution in [1.29, 1.82) is 0 Å². The van der Waals surface area contributed by atoms with Crippen LogP contribution in [0.25, 0.3) is 0 Å². The van der Waals surface area contributed by atoms with Crippen LogP contribution in [0.2, 0.25) is 0 Å². The van der Waals surface area contributed by atoms with E-state index in [1.807, 2.05) is 5.38 Å². The van der Waals surface area contributed by atoms with Gasteiger partial charge >= 0.3 is 5.00 Å². The maximum Gasteiger partial charge on any atom is 0.324 e. The normalized spacial score (nSPS) is 18.2. The Bertz CT molecular complexity index is 384. The van der Waals surface area contributed by atoms with Crippen molar-refractivity contribution in [2.24, 2.45) is 0 Å². The summed E-state index contributed by atoms with van der Waals surface area (Å²) in [4.78, 5) is 10.3. The van der Waals surface area contributed by atoms with Crippen LogP contribution in [-0.4, -0.2) is 11.0 Å². The molecule has 18 heavy (non-hydrogen) atoms. The van der Waals surface area contributed by atoms with Crippen molar-refractivity contribution in [3.63, 3.8) is 0 Å². The van der Waals surface area contributed by atoms with Gasteiger partial charge in [0, 0.05) is 24.0 Å². The highest BCUT2D eigenvalue weighted by Gasteiger charge is 2.13. The van der Waals surface area contributed by atoms with Crippen LogP contribution in [0.4, 0.5) is 5.00 Å². The zero-order valence-corrected chi connectivity index (χ0v) is 11.4. The van der Waals surface area contributed by atoms with E-state index in [9.17, 15) is 10.1 Å². The lowest BCUT2D eigenvalue weighted by atomic mass is 9.96. The average Bonchev–Trinajstić information content (AvgIpc) is 2.76. The number of hydrogen-bond acceptors (Lipinski definition) is 4. The van der Waals surface area contributed by atoms with E-state index < -0.39 is 0 Å². The van der Waals surface area contributed by atoms with Gasteiger partial charge < -0.3 is 5.32 Å². The predicted molar refractivity (Wildman–Crippen MR) is 73.9 cm³/mol. The maximum absolute atomic E-state index is 10.6. The molecule has 0 radical (unpaired) electrons. The second-order valence-electron chi connectivity index (χ2n) is 4.97. The molecule has 1 N–H and O–H groups in total. The van der Waals surface area contributed by atoms with Gasteiger partial charge in [0.15, 0.2) is 0 Å². The Hall–Kier alpha value is -0.940. The van der Waals surface area contributed by atoms with Crippen molar-refractivity contribution in [2.75, 3.05) is 0 Å². The minimum atomic E-state index is -0.315. The first-order valence-corrected chi connectivity index (χ1v) is 7.59. The molecule has 1 fully saturated rings. The lowest BCUT2D eigenvalue weighted by Crippen LogP contribution is -2.29. The van der Waals surface area contributed by atoms with E-state index in [2.05, 4.69) is 5.32 Å². The number of rotatable bonds is 4. The molecule has 2 rings (SSSR count). The molecule has 0 bridgehead atoms. The Morgan fingerprint density at radius 3 is 2.56 bits per heavy atom. The van der Waals surface area contributed by atoms with Crippen molar-refractivity contribution in [1.82, 2.24) is 5.32 Å². The first-order valence-electron chi connectivity index (χ1n) is 6.71. The number of nitro groups is 1. The van der Waals surface area contributed by atoms with E-state index >= 15 is 0 Å². The third-order valence-electron chi connectivity index (χ3n) is 3.52. The zero-order chi connectivity index (χ0) is 12.8. The summed E-state index contributed by atoms with van der Waals surface area (Å²) in [7, 11) is 0. The first-order chi connectivity index (χ1) is 8.75. The van der Waals surface area contributed by atoms with Gasteiger partial charge in [-0.2, -0.15) is 0 Å². The molecule has 1 aromatic rings. The highest BCUT2D eigenvalue weighted by Crippen LogP contribution is 2.23. The minimum absolute atomic E-state index is 0.240. The molecule has 5 heteroatoms. The Labute approximate surface area is 112 Å². The largest absolute Gasteiger partial charge is 0.324 e. The minimum Gasteiger partial charge on any atom is -0.310 e. The van der Waals surface area contributed by atoms with Crippen LogP contribution < -0.4 is 5.32 Å². The molecule has 0 spiro atoms. The van der Waals surface area contributed by atoms with E-state index in [0.717, 1.165) is 12.1 Å². The predicted octanol–water partition coefficient (Wildman–Crippen LogP) is 3.86. The van der Waals surface area contributed by atoms with Crippen molar-refractivity contribution in [3.8, 4) is 0 Å². The second kappa shape index (κ2) is 6.85.